The Labute approximate surface area is 55.1 Å². The second-order valence-corrected chi connectivity index (χ2v) is 1.51. The van der Waals surface area contributed by atoms with Crippen molar-refractivity contribution in [2.75, 3.05) is 6.61 Å². The van der Waals surface area contributed by atoms with Crippen molar-refractivity contribution in [2.45, 2.75) is 6.04 Å². The van der Waals surface area contributed by atoms with Gasteiger partial charge in [-0.05, 0) is 0 Å². The summed E-state index contributed by atoms with van der Waals surface area (Å²) in [6, 6.07) is -0.936. The van der Waals surface area contributed by atoms with Gasteiger partial charge in [-0.25, -0.2) is 4.79 Å². The van der Waals surface area contributed by atoms with Crippen LogP contribution in [0.15, 0.2) is 0 Å². The molecule has 0 radical (unpaired) electrons. The van der Waals surface area contributed by atoms with E-state index in [1.165, 1.54) is 0 Å². The van der Waals surface area contributed by atoms with Crippen molar-refractivity contribution in [3.63, 3.8) is 0 Å². The highest BCUT2D eigenvalue weighted by atomic mass is 79.9. The first-order chi connectivity index (χ1) is 3.72. The van der Waals surface area contributed by atoms with Crippen LogP contribution in [0.25, 0.3) is 0 Å². The van der Waals surface area contributed by atoms with Gasteiger partial charge in [0, 0.05) is 0 Å². The molecule has 0 bridgehead atoms. The second kappa shape index (κ2) is 3.82. The van der Waals surface area contributed by atoms with Gasteiger partial charge in [0.05, 0.1) is 6.61 Å². The zero-order valence-electron chi connectivity index (χ0n) is 4.00. The van der Waals surface area contributed by atoms with E-state index in [4.69, 9.17) is 10.8 Å². The van der Waals surface area contributed by atoms with E-state index in [2.05, 4.69) is 20.1 Å². The Kier molecular flexibility index (Phi) is 3.76. The molecule has 4 nitrogen and oxygen atoms in total. The maximum absolute atomic E-state index is 10.2. The number of hydrogen-bond acceptors (Lipinski definition) is 4. The van der Waals surface area contributed by atoms with E-state index in [0.717, 1.165) is 0 Å². The van der Waals surface area contributed by atoms with Crippen molar-refractivity contribution >= 4 is 22.2 Å². The third-order valence-electron chi connectivity index (χ3n) is 0.575. The molecule has 1 unspecified atom stereocenters. The number of hydrogen-bond donors (Lipinski definition) is 2. The van der Waals surface area contributed by atoms with Gasteiger partial charge in [0.25, 0.3) is 0 Å². The molecule has 0 rings (SSSR count). The molecule has 0 aromatic rings. The highest BCUT2D eigenvalue weighted by molar-refractivity contribution is 9.06. The van der Waals surface area contributed by atoms with Crippen LogP contribution in [0.3, 0.4) is 0 Å². The van der Waals surface area contributed by atoms with E-state index in [1.54, 1.807) is 0 Å². The van der Waals surface area contributed by atoms with Crippen LogP contribution in [0, 0.1) is 0 Å². The van der Waals surface area contributed by atoms with Gasteiger partial charge in [-0.15, -0.1) is 0 Å². The standard InChI is InChI=1S/C3H6BrNO3/c4-8-3(7)2(5)1-6/h2,6H,1,5H2. The predicted molar refractivity (Wildman–Crippen MR) is 30.1 cm³/mol. The minimum Gasteiger partial charge on any atom is -0.394 e. The fourth-order valence-corrected chi connectivity index (χ4v) is 0.372. The summed E-state index contributed by atoms with van der Waals surface area (Å²) in [7, 11) is 0. The molecular formula is C3H6BrNO3. The zero-order valence-corrected chi connectivity index (χ0v) is 5.59. The second-order valence-electron chi connectivity index (χ2n) is 1.19. The number of rotatable bonds is 2. The fraction of sp³-hybridized carbons (Fsp3) is 0.667. The molecule has 0 saturated heterocycles. The van der Waals surface area contributed by atoms with Gasteiger partial charge in [-0.1, -0.05) is 0 Å². The van der Waals surface area contributed by atoms with E-state index in [1.807, 2.05) is 0 Å². The maximum atomic E-state index is 10.2. The highest BCUT2D eigenvalue weighted by Gasteiger charge is 2.11. The molecule has 0 aromatic heterocycles. The van der Waals surface area contributed by atoms with Gasteiger partial charge in [-0.2, -0.15) is 0 Å². The summed E-state index contributed by atoms with van der Waals surface area (Å²) in [6.07, 6.45) is 0. The zero-order chi connectivity index (χ0) is 6.57. The molecule has 0 aliphatic rings. The fourth-order valence-electron chi connectivity index (χ4n) is 0.132. The van der Waals surface area contributed by atoms with Gasteiger partial charge >= 0.3 is 5.97 Å². The Hall–Kier alpha value is -0.130. The lowest BCUT2D eigenvalue weighted by atomic mass is 10.3. The molecule has 0 aliphatic heterocycles. The predicted octanol–water partition coefficient (Wildman–Crippen LogP) is -0.841. The number of halogens is 1. The minimum absolute atomic E-state index is 0.398. The van der Waals surface area contributed by atoms with Gasteiger partial charge in [0.1, 0.15) is 6.04 Å². The molecule has 0 fully saturated rings. The summed E-state index contributed by atoms with van der Waals surface area (Å²) in [6.45, 7) is -0.398. The van der Waals surface area contributed by atoms with Gasteiger partial charge in [0.15, 0.2) is 16.3 Å². The average Bonchev–Trinajstić information content (AvgIpc) is 1.84. The molecule has 0 aliphatic carbocycles. The van der Waals surface area contributed by atoms with Crippen molar-refractivity contribution in [2.24, 2.45) is 5.73 Å². The number of aliphatic hydroxyl groups is 1. The quantitative estimate of drug-likeness (QED) is 0.586. The molecule has 0 heterocycles. The van der Waals surface area contributed by atoms with Crippen molar-refractivity contribution in [3.05, 3.63) is 0 Å². The summed E-state index contributed by atoms with van der Waals surface area (Å²) in [5.41, 5.74) is 4.97. The van der Waals surface area contributed by atoms with Crippen molar-refractivity contribution in [1.29, 1.82) is 0 Å². The van der Waals surface area contributed by atoms with E-state index >= 15 is 0 Å². The van der Waals surface area contributed by atoms with Gasteiger partial charge in [-0.3, -0.25) is 0 Å². The van der Waals surface area contributed by atoms with E-state index < -0.39 is 18.6 Å². The molecular weight excluding hydrogens is 178 g/mol. The first-order valence-electron chi connectivity index (χ1n) is 1.91. The Morgan fingerprint density at radius 3 is 2.62 bits per heavy atom. The Bertz CT molecular complexity index is 86.6. The summed E-state index contributed by atoms with van der Waals surface area (Å²) in [5, 5.41) is 8.19. The summed E-state index contributed by atoms with van der Waals surface area (Å²) < 4.78 is 3.99. The molecule has 3 N–H and O–H groups in total. The molecule has 8 heavy (non-hydrogen) atoms. The number of carbonyl (C=O) groups is 1. The first-order valence-corrected chi connectivity index (χ1v) is 2.56. The van der Waals surface area contributed by atoms with Crippen molar-refractivity contribution in [1.82, 2.24) is 0 Å². The first kappa shape index (κ1) is 7.87. The lowest BCUT2D eigenvalue weighted by molar-refractivity contribution is -0.134. The Morgan fingerprint density at radius 2 is 2.50 bits per heavy atom. The largest absolute Gasteiger partial charge is 0.394 e. The van der Waals surface area contributed by atoms with E-state index in [0.29, 0.717) is 0 Å². The van der Waals surface area contributed by atoms with Crippen LogP contribution in [0.1, 0.15) is 0 Å². The number of aliphatic hydroxyl groups excluding tert-OH is 1. The Morgan fingerprint density at radius 1 is 2.00 bits per heavy atom. The number of carbonyl (C=O) groups excluding carboxylic acids is 1. The third kappa shape index (κ3) is 2.25. The van der Waals surface area contributed by atoms with Crippen LogP contribution in [-0.4, -0.2) is 23.7 Å². The van der Waals surface area contributed by atoms with Crippen LogP contribution >= 0.6 is 16.3 Å². The summed E-state index contributed by atoms with van der Waals surface area (Å²) in [5.74, 6) is -0.674. The van der Waals surface area contributed by atoms with Crippen LogP contribution in [-0.2, 0) is 8.62 Å². The van der Waals surface area contributed by atoms with E-state index in [9.17, 15) is 4.79 Å². The van der Waals surface area contributed by atoms with Crippen LogP contribution < -0.4 is 5.73 Å². The molecule has 48 valence electrons. The summed E-state index contributed by atoms with van der Waals surface area (Å²) >= 11 is 2.42. The van der Waals surface area contributed by atoms with Gasteiger partial charge in [0.2, 0.25) is 0 Å². The highest BCUT2D eigenvalue weighted by Crippen LogP contribution is 1.88. The molecule has 5 heteroatoms. The Balaban J connectivity index is 3.46. The summed E-state index contributed by atoms with van der Waals surface area (Å²) in [4.78, 5) is 10.2. The minimum atomic E-state index is -0.936. The lowest BCUT2D eigenvalue weighted by Gasteiger charge is -2.00. The van der Waals surface area contributed by atoms with Crippen LogP contribution in [0.4, 0.5) is 0 Å². The third-order valence-corrected chi connectivity index (χ3v) is 0.895. The molecule has 0 saturated carbocycles. The van der Waals surface area contributed by atoms with Crippen molar-refractivity contribution in [3.8, 4) is 0 Å². The van der Waals surface area contributed by atoms with Gasteiger partial charge < -0.3 is 14.7 Å². The van der Waals surface area contributed by atoms with Crippen LogP contribution in [0.5, 0.6) is 0 Å². The van der Waals surface area contributed by atoms with Crippen molar-refractivity contribution < 1.29 is 13.7 Å². The smallest absolute Gasteiger partial charge is 0.336 e. The van der Waals surface area contributed by atoms with E-state index in [-0.39, 0.29) is 0 Å². The topological polar surface area (TPSA) is 72.5 Å². The molecule has 0 aromatic carbocycles. The monoisotopic (exact) mass is 183 g/mol. The SMILES string of the molecule is NC(CO)C(=O)OBr. The lowest BCUT2D eigenvalue weighted by Crippen LogP contribution is -2.33. The van der Waals surface area contributed by atoms with Crippen LogP contribution in [0.2, 0.25) is 0 Å². The maximum Gasteiger partial charge on any atom is 0.336 e. The molecule has 0 spiro atoms. The normalized spacial score (nSPS) is 12.9. The average molecular weight is 184 g/mol. The molecule has 1 atom stereocenters. The number of nitrogens with two attached hydrogens (primary N) is 1. The molecule has 0 amide bonds.